The molecule has 0 aromatic rings. The maximum atomic E-state index is 11.1. The van der Waals surface area contributed by atoms with Crippen molar-refractivity contribution in [3.63, 3.8) is 0 Å². The summed E-state index contributed by atoms with van der Waals surface area (Å²) in [6.07, 6.45) is 7.70. The second kappa shape index (κ2) is 8.49. The minimum atomic E-state index is -0.287. The highest BCUT2D eigenvalue weighted by molar-refractivity contribution is 4.98. The molecule has 0 aromatic carbocycles. The van der Waals surface area contributed by atoms with Crippen LogP contribution in [0.25, 0.3) is 0 Å². The van der Waals surface area contributed by atoms with Crippen LogP contribution >= 0.6 is 0 Å². The van der Waals surface area contributed by atoms with Gasteiger partial charge < -0.3 is 15.3 Å². The van der Waals surface area contributed by atoms with Gasteiger partial charge in [0, 0.05) is 0 Å². The summed E-state index contributed by atoms with van der Waals surface area (Å²) in [6, 6.07) is 0. The van der Waals surface area contributed by atoms with Gasteiger partial charge in [0.05, 0.1) is 18.3 Å². The molecule has 0 heterocycles. The van der Waals surface area contributed by atoms with E-state index in [9.17, 15) is 15.3 Å². The van der Waals surface area contributed by atoms with E-state index in [0.29, 0.717) is 23.7 Å². The molecule has 0 amide bonds. The van der Waals surface area contributed by atoms with E-state index in [1.54, 1.807) is 0 Å². The molecule has 0 aliphatic heterocycles. The Morgan fingerprint density at radius 3 is 1.54 bits per heavy atom. The van der Waals surface area contributed by atoms with Crippen molar-refractivity contribution in [2.75, 3.05) is 0 Å². The standard InChI is InChI=1S/C23H42O3/c1-13-9-15(3)22(25)18(11-13)21(17-7-5-6-8-20(17)24)19-12-14(2)10-16(4)23(19)26/h13-26H,5-12H2,1-4H3. The van der Waals surface area contributed by atoms with Gasteiger partial charge in [-0.3, -0.25) is 0 Å². The van der Waals surface area contributed by atoms with Crippen LogP contribution in [0.15, 0.2) is 0 Å². The normalized spacial score (nSPS) is 51.8. The van der Waals surface area contributed by atoms with Crippen molar-refractivity contribution < 1.29 is 15.3 Å². The minimum Gasteiger partial charge on any atom is -0.393 e. The van der Waals surface area contributed by atoms with Gasteiger partial charge in [-0.2, -0.15) is 0 Å². The van der Waals surface area contributed by atoms with E-state index < -0.39 is 0 Å². The van der Waals surface area contributed by atoms with Crippen LogP contribution in [-0.4, -0.2) is 33.6 Å². The third-order valence-corrected chi connectivity index (χ3v) is 8.21. The number of aliphatic hydroxyl groups excluding tert-OH is 3. The van der Waals surface area contributed by atoms with Crippen LogP contribution in [0.5, 0.6) is 0 Å². The van der Waals surface area contributed by atoms with Crippen LogP contribution in [0.2, 0.25) is 0 Å². The largest absolute Gasteiger partial charge is 0.393 e. The summed E-state index contributed by atoms with van der Waals surface area (Å²) in [5.41, 5.74) is 0. The second-order valence-corrected chi connectivity index (χ2v) is 10.5. The minimum absolute atomic E-state index is 0.226. The third kappa shape index (κ3) is 4.15. The summed E-state index contributed by atoms with van der Waals surface area (Å²) in [4.78, 5) is 0. The molecular formula is C23H42O3. The lowest BCUT2D eigenvalue weighted by Crippen LogP contribution is -2.52. The Bertz CT molecular complexity index is 423. The van der Waals surface area contributed by atoms with Gasteiger partial charge in [-0.1, -0.05) is 40.5 Å². The molecule has 0 radical (unpaired) electrons. The van der Waals surface area contributed by atoms with Crippen LogP contribution in [0.1, 0.15) is 79.1 Å². The molecule has 3 fully saturated rings. The molecule has 3 saturated carbocycles. The van der Waals surface area contributed by atoms with Gasteiger partial charge in [0.15, 0.2) is 0 Å². The highest BCUT2D eigenvalue weighted by Gasteiger charge is 2.49. The molecule has 3 rings (SSSR count). The lowest BCUT2D eigenvalue weighted by Gasteiger charge is -2.52. The Labute approximate surface area is 160 Å². The van der Waals surface area contributed by atoms with Crippen molar-refractivity contribution in [3.8, 4) is 0 Å². The average Bonchev–Trinajstić information content (AvgIpc) is 2.58. The Balaban J connectivity index is 1.93. The third-order valence-electron chi connectivity index (χ3n) is 8.21. The first-order chi connectivity index (χ1) is 12.3. The molecule has 0 spiro atoms. The van der Waals surface area contributed by atoms with Gasteiger partial charge in [0.2, 0.25) is 0 Å². The maximum absolute atomic E-state index is 11.1. The number of hydrogen-bond donors (Lipinski definition) is 3. The van der Waals surface area contributed by atoms with Crippen LogP contribution in [-0.2, 0) is 0 Å². The van der Waals surface area contributed by atoms with Crippen molar-refractivity contribution in [2.24, 2.45) is 47.3 Å². The monoisotopic (exact) mass is 366 g/mol. The van der Waals surface area contributed by atoms with Crippen LogP contribution in [0, 0.1) is 47.3 Å². The lowest BCUT2D eigenvalue weighted by atomic mass is 9.56. The van der Waals surface area contributed by atoms with Gasteiger partial charge in [0.25, 0.3) is 0 Å². The smallest absolute Gasteiger partial charge is 0.0596 e. The van der Waals surface area contributed by atoms with Gasteiger partial charge in [0.1, 0.15) is 0 Å². The maximum Gasteiger partial charge on any atom is 0.0596 e. The summed E-state index contributed by atoms with van der Waals surface area (Å²) in [6.45, 7) is 8.99. The second-order valence-electron chi connectivity index (χ2n) is 10.5. The molecule has 3 heteroatoms. The first-order valence-corrected chi connectivity index (χ1v) is 11.3. The number of hydrogen-bond acceptors (Lipinski definition) is 3. The zero-order chi connectivity index (χ0) is 19.0. The molecule has 0 bridgehead atoms. The van der Waals surface area contributed by atoms with Crippen molar-refractivity contribution in [1.82, 2.24) is 0 Å². The molecular weight excluding hydrogens is 324 g/mol. The van der Waals surface area contributed by atoms with E-state index in [2.05, 4.69) is 27.7 Å². The van der Waals surface area contributed by atoms with Crippen molar-refractivity contribution in [1.29, 1.82) is 0 Å². The summed E-state index contributed by atoms with van der Waals surface area (Å²) in [5, 5.41) is 33.1. The molecule has 10 unspecified atom stereocenters. The SMILES string of the molecule is CC1CC(C)C(O)C(C(C2CCCCC2O)C2CC(C)CC(C)C2O)C1. The molecule has 3 aliphatic rings. The fourth-order valence-electron chi connectivity index (χ4n) is 7.10. The molecule has 0 aromatic heterocycles. The van der Waals surface area contributed by atoms with E-state index in [4.69, 9.17) is 0 Å². The zero-order valence-electron chi connectivity index (χ0n) is 17.3. The van der Waals surface area contributed by atoms with Gasteiger partial charge >= 0.3 is 0 Å². The Hall–Kier alpha value is -0.120. The summed E-state index contributed by atoms with van der Waals surface area (Å²) >= 11 is 0. The van der Waals surface area contributed by atoms with Crippen LogP contribution in [0.4, 0.5) is 0 Å². The van der Waals surface area contributed by atoms with Crippen LogP contribution in [0.3, 0.4) is 0 Å². The first kappa shape index (κ1) is 20.6. The number of rotatable bonds is 3. The van der Waals surface area contributed by atoms with Crippen molar-refractivity contribution in [3.05, 3.63) is 0 Å². The van der Waals surface area contributed by atoms with E-state index in [-0.39, 0.29) is 42.0 Å². The molecule has 3 nitrogen and oxygen atoms in total. The molecule has 3 aliphatic carbocycles. The van der Waals surface area contributed by atoms with E-state index in [1.807, 2.05) is 0 Å². The van der Waals surface area contributed by atoms with E-state index in [0.717, 1.165) is 44.9 Å². The van der Waals surface area contributed by atoms with Crippen LogP contribution < -0.4 is 0 Å². The fourth-order valence-corrected chi connectivity index (χ4v) is 7.10. The van der Waals surface area contributed by atoms with E-state index >= 15 is 0 Å². The van der Waals surface area contributed by atoms with Gasteiger partial charge in [-0.15, -0.1) is 0 Å². The summed E-state index contributed by atoms with van der Waals surface area (Å²) in [5.74, 6) is 2.84. The highest BCUT2D eigenvalue weighted by atomic mass is 16.3. The predicted molar refractivity (Wildman–Crippen MR) is 106 cm³/mol. The quantitative estimate of drug-likeness (QED) is 0.700. The van der Waals surface area contributed by atoms with Crippen molar-refractivity contribution >= 4 is 0 Å². The molecule has 3 N–H and O–H groups in total. The average molecular weight is 367 g/mol. The Kier molecular flexibility index (Phi) is 6.73. The fraction of sp³-hybridized carbons (Fsp3) is 1.00. The predicted octanol–water partition coefficient (Wildman–Crippen LogP) is 4.24. The van der Waals surface area contributed by atoms with Crippen molar-refractivity contribution in [2.45, 2.75) is 97.4 Å². The number of aliphatic hydroxyl groups is 3. The Morgan fingerprint density at radius 1 is 0.615 bits per heavy atom. The molecule has 0 saturated heterocycles. The van der Waals surface area contributed by atoms with Gasteiger partial charge in [-0.25, -0.2) is 0 Å². The zero-order valence-corrected chi connectivity index (χ0v) is 17.3. The summed E-state index contributed by atoms with van der Waals surface area (Å²) < 4.78 is 0. The highest BCUT2D eigenvalue weighted by Crippen LogP contribution is 2.51. The molecule has 10 atom stereocenters. The molecule has 152 valence electrons. The topological polar surface area (TPSA) is 60.7 Å². The van der Waals surface area contributed by atoms with E-state index in [1.165, 1.54) is 6.42 Å². The van der Waals surface area contributed by atoms with Gasteiger partial charge in [-0.05, 0) is 85.9 Å². The molecule has 26 heavy (non-hydrogen) atoms. The summed E-state index contributed by atoms with van der Waals surface area (Å²) in [7, 11) is 0. The first-order valence-electron chi connectivity index (χ1n) is 11.3. The lowest BCUT2D eigenvalue weighted by molar-refractivity contribution is -0.119. The Morgan fingerprint density at radius 2 is 1.08 bits per heavy atom.